The Hall–Kier alpha value is -3.73. The zero-order valence-corrected chi connectivity index (χ0v) is 15.7. The Morgan fingerprint density at radius 2 is 1.69 bits per heavy atom. The maximum Gasteiger partial charge on any atom is 0.269 e. The van der Waals surface area contributed by atoms with Crippen molar-refractivity contribution in [1.29, 1.82) is 5.26 Å². The molecule has 0 aliphatic carbocycles. The van der Waals surface area contributed by atoms with E-state index in [1.165, 1.54) is 24.3 Å². The fourth-order valence-corrected chi connectivity index (χ4v) is 4.20. The van der Waals surface area contributed by atoms with Crippen molar-refractivity contribution in [1.82, 2.24) is 9.80 Å². The maximum absolute atomic E-state index is 13.0. The molecule has 8 heteroatoms. The first-order valence-corrected chi connectivity index (χ1v) is 9.27. The average molecular weight is 390 g/mol. The summed E-state index contributed by atoms with van der Waals surface area (Å²) in [6.45, 7) is 2.65. The van der Waals surface area contributed by atoms with Crippen LogP contribution in [-0.4, -0.2) is 51.7 Å². The highest BCUT2D eigenvalue weighted by Crippen LogP contribution is 2.33. The summed E-state index contributed by atoms with van der Waals surface area (Å²) in [4.78, 5) is 39.6. The molecule has 8 nitrogen and oxygen atoms in total. The van der Waals surface area contributed by atoms with E-state index in [9.17, 15) is 25.0 Å². The fourth-order valence-electron chi connectivity index (χ4n) is 4.20. The summed E-state index contributed by atoms with van der Waals surface area (Å²) in [6, 6.07) is 12.6. The van der Waals surface area contributed by atoms with Crippen LogP contribution in [0.15, 0.2) is 42.5 Å². The highest BCUT2D eigenvalue weighted by Gasteiger charge is 2.47. The van der Waals surface area contributed by atoms with Crippen LogP contribution in [0, 0.1) is 28.4 Å². The van der Waals surface area contributed by atoms with E-state index in [1.54, 1.807) is 34.9 Å². The van der Waals surface area contributed by atoms with Crippen LogP contribution < -0.4 is 0 Å². The van der Waals surface area contributed by atoms with E-state index in [1.807, 2.05) is 0 Å². The molecule has 2 bridgehead atoms. The molecule has 0 spiro atoms. The molecule has 29 heavy (non-hydrogen) atoms. The monoisotopic (exact) mass is 390 g/mol. The molecule has 146 valence electrons. The van der Waals surface area contributed by atoms with E-state index < -0.39 is 4.92 Å². The van der Waals surface area contributed by atoms with Crippen molar-refractivity contribution < 1.29 is 14.5 Å². The number of nitriles is 1. The predicted molar refractivity (Wildman–Crippen MR) is 103 cm³/mol. The molecule has 2 aromatic rings. The molecule has 2 atom stereocenters. The number of nitrogens with zero attached hydrogens (tertiary/aromatic N) is 4. The molecule has 2 saturated heterocycles. The van der Waals surface area contributed by atoms with Gasteiger partial charge in [0.2, 0.25) is 0 Å². The Morgan fingerprint density at radius 3 is 2.24 bits per heavy atom. The van der Waals surface area contributed by atoms with Crippen LogP contribution >= 0.6 is 0 Å². The second-order valence-electron chi connectivity index (χ2n) is 7.35. The Bertz CT molecular complexity index is 1060. The molecule has 2 aliphatic heterocycles. The van der Waals surface area contributed by atoms with E-state index in [0.717, 1.165) is 0 Å². The Labute approximate surface area is 167 Å². The molecule has 2 aromatic carbocycles. The lowest BCUT2D eigenvalue weighted by Crippen LogP contribution is -2.50. The van der Waals surface area contributed by atoms with Crippen molar-refractivity contribution >= 4 is 17.5 Å². The van der Waals surface area contributed by atoms with Crippen molar-refractivity contribution in [2.24, 2.45) is 0 Å². The number of carbonyl (C=O) groups is 2. The molecule has 2 aliphatic rings. The van der Waals surface area contributed by atoms with Gasteiger partial charge in [-0.1, -0.05) is 6.07 Å². The highest BCUT2D eigenvalue weighted by atomic mass is 16.6. The highest BCUT2D eigenvalue weighted by molar-refractivity contribution is 5.98. The van der Waals surface area contributed by atoms with Gasteiger partial charge in [-0.3, -0.25) is 19.7 Å². The molecule has 0 radical (unpaired) electrons. The largest absolute Gasteiger partial charge is 0.332 e. The van der Waals surface area contributed by atoms with Gasteiger partial charge in [0.25, 0.3) is 17.5 Å². The number of likely N-dealkylation sites (tertiary alicyclic amines) is 2. The van der Waals surface area contributed by atoms with Gasteiger partial charge in [0, 0.05) is 36.3 Å². The zero-order chi connectivity index (χ0) is 20.7. The van der Waals surface area contributed by atoms with Crippen LogP contribution in [0.25, 0.3) is 0 Å². The first kappa shape index (κ1) is 18.6. The molecule has 2 amide bonds. The number of hydrogen-bond acceptors (Lipinski definition) is 5. The molecular weight excluding hydrogens is 372 g/mol. The Balaban J connectivity index is 1.48. The number of non-ortho nitro benzene ring substituents is 1. The van der Waals surface area contributed by atoms with Gasteiger partial charge in [-0.15, -0.1) is 0 Å². The van der Waals surface area contributed by atoms with Gasteiger partial charge in [0.05, 0.1) is 28.6 Å². The molecule has 2 heterocycles. The Kier molecular flexibility index (Phi) is 4.51. The normalized spacial score (nSPS) is 19.9. The molecule has 4 rings (SSSR count). The van der Waals surface area contributed by atoms with Gasteiger partial charge in [-0.25, -0.2) is 0 Å². The molecule has 0 N–H and O–H groups in total. The number of carbonyl (C=O) groups excluding carboxylic acids is 2. The topological polar surface area (TPSA) is 108 Å². The summed E-state index contributed by atoms with van der Waals surface area (Å²) in [5.41, 5.74) is 2.01. The minimum absolute atomic E-state index is 0.0590. The van der Waals surface area contributed by atoms with Gasteiger partial charge in [-0.2, -0.15) is 5.26 Å². The number of nitro groups is 1. The lowest BCUT2D eigenvalue weighted by molar-refractivity contribution is -0.384. The van der Waals surface area contributed by atoms with Crippen LogP contribution in [-0.2, 0) is 0 Å². The number of rotatable bonds is 3. The van der Waals surface area contributed by atoms with Crippen molar-refractivity contribution in [3.05, 3.63) is 74.8 Å². The van der Waals surface area contributed by atoms with Crippen molar-refractivity contribution in [3.8, 4) is 6.07 Å². The number of nitro benzene ring substituents is 1. The summed E-state index contributed by atoms with van der Waals surface area (Å²) < 4.78 is 0. The van der Waals surface area contributed by atoms with Crippen LogP contribution in [0.3, 0.4) is 0 Å². The zero-order valence-electron chi connectivity index (χ0n) is 15.7. The SMILES string of the molecule is Cc1c(C#N)cccc1C(=O)N1C[C@@H]2C[C@H]1CN2C(=O)c1ccc([N+](=O)[O-])cc1. The van der Waals surface area contributed by atoms with Crippen LogP contribution in [0.1, 0.15) is 38.3 Å². The van der Waals surface area contributed by atoms with Crippen LogP contribution in [0.5, 0.6) is 0 Å². The fraction of sp³-hybridized carbons (Fsp3) is 0.286. The number of benzene rings is 2. The third-order valence-electron chi connectivity index (χ3n) is 5.77. The standard InChI is InChI=1S/C21H18N4O4/c1-13-15(10-22)3-2-4-19(13)21(27)24-12-17-9-18(24)11-23(17)20(26)14-5-7-16(8-6-14)25(28)29/h2-8,17-18H,9,11-12H2,1H3/t17-,18-/m0/s1. The lowest BCUT2D eigenvalue weighted by Gasteiger charge is -2.34. The van der Waals surface area contributed by atoms with E-state index >= 15 is 0 Å². The number of hydrogen-bond donors (Lipinski definition) is 0. The Morgan fingerprint density at radius 1 is 1.07 bits per heavy atom. The molecule has 0 aromatic heterocycles. The quantitative estimate of drug-likeness (QED) is 0.591. The molecule has 2 fully saturated rings. The lowest BCUT2D eigenvalue weighted by atomic mass is 10.0. The van der Waals surface area contributed by atoms with Crippen molar-refractivity contribution in [2.45, 2.75) is 25.4 Å². The summed E-state index contributed by atoms with van der Waals surface area (Å²) in [6.07, 6.45) is 0.710. The summed E-state index contributed by atoms with van der Waals surface area (Å²) in [5, 5.41) is 20.0. The van der Waals surface area contributed by atoms with Gasteiger partial charge in [0.15, 0.2) is 0 Å². The number of piperazine rings is 1. The second kappa shape index (κ2) is 7.02. The number of fused-ring (bicyclic) bond motifs is 2. The van der Waals surface area contributed by atoms with E-state index in [-0.39, 0.29) is 29.6 Å². The number of amides is 2. The third-order valence-corrected chi connectivity index (χ3v) is 5.77. The summed E-state index contributed by atoms with van der Waals surface area (Å²) in [5.74, 6) is -0.295. The minimum atomic E-state index is -0.501. The first-order valence-electron chi connectivity index (χ1n) is 9.27. The second-order valence-corrected chi connectivity index (χ2v) is 7.35. The smallest absolute Gasteiger partial charge is 0.269 e. The van der Waals surface area contributed by atoms with Crippen LogP contribution in [0.4, 0.5) is 5.69 Å². The maximum atomic E-state index is 13.0. The van der Waals surface area contributed by atoms with E-state index in [0.29, 0.717) is 41.8 Å². The van der Waals surface area contributed by atoms with Gasteiger partial charge < -0.3 is 9.80 Å². The van der Waals surface area contributed by atoms with E-state index in [4.69, 9.17) is 0 Å². The van der Waals surface area contributed by atoms with Crippen LogP contribution in [0.2, 0.25) is 0 Å². The minimum Gasteiger partial charge on any atom is -0.332 e. The molecule has 0 saturated carbocycles. The van der Waals surface area contributed by atoms with Crippen molar-refractivity contribution in [2.75, 3.05) is 13.1 Å². The third kappa shape index (κ3) is 3.10. The molecule has 0 unspecified atom stereocenters. The van der Waals surface area contributed by atoms with Gasteiger partial charge in [0.1, 0.15) is 0 Å². The summed E-state index contributed by atoms with van der Waals surface area (Å²) >= 11 is 0. The van der Waals surface area contributed by atoms with Crippen molar-refractivity contribution in [3.63, 3.8) is 0 Å². The molecular formula is C21H18N4O4. The first-order chi connectivity index (χ1) is 13.9. The van der Waals surface area contributed by atoms with Gasteiger partial charge in [-0.05, 0) is 43.2 Å². The van der Waals surface area contributed by atoms with E-state index in [2.05, 4.69) is 6.07 Å². The van der Waals surface area contributed by atoms with Gasteiger partial charge >= 0.3 is 0 Å². The average Bonchev–Trinajstić information content (AvgIpc) is 3.34. The predicted octanol–water partition coefficient (Wildman–Crippen LogP) is 2.51. The summed E-state index contributed by atoms with van der Waals surface area (Å²) in [7, 11) is 0.